The fraction of sp³-hybridized carbons (Fsp3) is 0.235. The number of hydrogen-bond acceptors (Lipinski definition) is 3. The number of carbonyl (C=O) groups excluding carboxylic acids is 1. The second kappa shape index (κ2) is 7.59. The minimum Gasteiger partial charge on any atom is -0.508 e. The van der Waals surface area contributed by atoms with E-state index >= 15 is 0 Å². The van der Waals surface area contributed by atoms with E-state index in [-0.39, 0.29) is 22.9 Å². The van der Waals surface area contributed by atoms with Gasteiger partial charge in [-0.05, 0) is 43.2 Å². The first-order valence-electron chi connectivity index (χ1n) is 7.19. The molecule has 0 saturated carbocycles. The molecule has 2 aromatic rings. The molecular weight excluding hydrogens is 340 g/mol. The van der Waals surface area contributed by atoms with Gasteiger partial charge in [-0.2, -0.15) is 0 Å². The van der Waals surface area contributed by atoms with Crippen LogP contribution in [0.3, 0.4) is 0 Å². The van der Waals surface area contributed by atoms with Crippen molar-refractivity contribution in [3.63, 3.8) is 0 Å². The summed E-state index contributed by atoms with van der Waals surface area (Å²) in [5.74, 6) is -3.01. The molecule has 2 atom stereocenters. The summed E-state index contributed by atoms with van der Waals surface area (Å²) < 4.78 is 26.8. The van der Waals surface area contributed by atoms with Crippen molar-refractivity contribution in [3.05, 3.63) is 58.6 Å². The number of hydrogen-bond donors (Lipinski definition) is 3. The predicted octanol–water partition coefficient (Wildman–Crippen LogP) is 3.50. The van der Waals surface area contributed by atoms with Crippen molar-refractivity contribution in [1.29, 1.82) is 0 Å². The molecule has 0 heterocycles. The minimum absolute atomic E-state index is 0.0447. The number of phenolic OH excluding ortho intramolecular Hbond substituents is 1. The number of carbonyl (C=O) groups is 1. The molecule has 2 aromatic carbocycles. The third-order valence-corrected chi connectivity index (χ3v) is 3.93. The molecule has 3 N–H and O–H groups in total. The maximum atomic E-state index is 13.7. The van der Waals surface area contributed by atoms with Crippen LogP contribution in [0.4, 0.5) is 14.5 Å². The molecule has 0 saturated heterocycles. The Hall–Kier alpha value is -2.18. The molecule has 7 heteroatoms. The number of anilines is 1. The lowest BCUT2D eigenvalue weighted by Gasteiger charge is -2.20. The summed E-state index contributed by atoms with van der Waals surface area (Å²) in [7, 11) is 0. The van der Waals surface area contributed by atoms with Crippen LogP contribution in [-0.2, 0) is 11.2 Å². The maximum Gasteiger partial charge on any atom is 0.230 e. The summed E-state index contributed by atoms with van der Waals surface area (Å²) >= 11 is 5.94. The van der Waals surface area contributed by atoms with E-state index in [0.29, 0.717) is 5.56 Å². The molecule has 1 amide bonds. The zero-order valence-corrected chi connectivity index (χ0v) is 13.5. The Morgan fingerprint density at radius 1 is 1.25 bits per heavy atom. The Morgan fingerprint density at radius 2 is 1.96 bits per heavy atom. The highest BCUT2D eigenvalue weighted by atomic mass is 35.5. The third kappa shape index (κ3) is 4.43. The van der Waals surface area contributed by atoms with E-state index in [4.69, 9.17) is 11.6 Å². The number of nitrogens with one attached hydrogen (secondary N) is 1. The summed E-state index contributed by atoms with van der Waals surface area (Å²) in [5.41, 5.74) is 0.284. The van der Waals surface area contributed by atoms with Crippen molar-refractivity contribution in [3.8, 4) is 5.75 Å². The molecule has 0 spiro atoms. The molecule has 4 nitrogen and oxygen atoms in total. The Morgan fingerprint density at radius 3 is 2.58 bits per heavy atom. The molecule has 0 radical (unpaired) electrons. The number of aromatic hydroxyl groups is 1. The van der Waals surface area contributed by atoms with Gasteiger partial charge in [0.15, 0.2) is 0 Å². The first-order chi connectivity index (χ1) is 11.3. The van der Waals surface area contributed by atoms with Crippen LogP contribution in [0.15, 0.2) is 36.4 Å². The van der Waals surface area contributed by atoms with Crippen molar-refractivity contribution >= 4 is 23.2 Å². The van der Waals surface area contributed by atoms with E-state index in [2.05, 4.69) is 5.32 Å². The molecule has 0 aliphatic heterocycles. The van der Waals surface area contributed by atoms with Gasteiger partial charge in [-0.25, -0.2) is 8.78 Å². The van der Waals surface area contributed by atoms with Gasteiger partial charge in [0.2, 0.25) is 5.91 Å². The molecule has 24 heavy (non-hydrogen) atoms. The van der Waals surface area contributed by atoms with Gasteiger partial charge in [-0.15, -0.1) is 0 Å². The van der Waals surface area contributed by atoms with Crippen molar-refractivity contribution in [2.45, 2.75) is 19.4 Å². The summed E-state index contributed by atoms with van der Waals surface area (Å²) in [6, 6.07) is 6.97. The van der Waals surface area contributed by atoms with E-state index in [1.807, 2.05) is 0 Å². The van der Waals surface area contributed by atoms with E-state index in [1.165, 1.54) is 19.1 Å². The van der Waals surface area contributed by atoms with E-state index in [0.717, 1.165) is 24.3 Å². The van der Waals surface area contributed by atoms with Gasteiger partial charge in [0, 0.05) is 11.1 Å². The smallest absolute Gasteiger partial charge is 0.230 e. The number of amides is 1. The molecular formula is C17H16ClF2NO3. The number of benzene rings is 2. The van der Waals surface area contributed by atoms with Gasteiger partial charge in [-0.3, -0.25) is 4.79 Å². The maximum absolute atomic E-state index is 13.7. The summed E-state index contributed by atoms with van der Waals surface area (Å²) in [5, 5.41) is 21.7. The van der Waals surface area contributed by atoms with Crippen LogP contribution in [0.5, 0.6) is 5.75 Å². The van der Waals surface area contributed by atoms with Crippen molar-refractivity contribution < 1.29 is 23.8 Å². The molecule has 0 aliphatic rings. The topological polar surface area (TPSA) is 69.6 Å². The standard InChI is InChI=1S/C17H16ClF2NO3/c1-9(22)13(6-10-2-3-11(19)7-14(10)18)17(24)21-16-8-12(23)4-5-15(16)20/h2-5,7-9,13,22-23H,6H2,1H3,(H,21,24). The molecule has 0 fully saturated rings. The Labute approximate surface area is 142 Å². The van der Waals surface area contributed by atoms with E-state index in [1.54, 1.807) is 0 Å². The lowest BCUT2D eigenvalue weighted by molar-refractivity contribution is -0.122. The SMILES string of the molecule is CC(O)C(Cc1ccc(F)cc1Cl)C(=O)Nc1cc(O)ccc1F. The normalized spacial score (nSPS) is 13.4. The van der Waals surface area contributed by atoms with Gasteiger partial charge in [0.1, 0.15) is 17.4 Å². The average molecular weight is 356 g/mol. The van der Waals surface area contributed by atoms with Crippen molar-refractivity contribution in [2.24, 2.45) is 5.92 Å². The molecule has 2 unspecified atom stereocenters. The van der Waals surface area contributed by atoms with Crippen LogP contribution in [-0.4, -0.2) is 22.2 Å². The Bertz CT molecular complexity index is 753. The van der Waals surface area contributed by atoms with Crippen LogP contribution < -0.4 is 5.32 Å². The number of halogens is 3. The fourth-order valence-corrected chi connectivity index (χ4v) is 2.49. The van der Waals surface area contributed by atoms with Gasteiger partial charge >= 0.3 is 0 Å². The zero-order chi connectivity index (χ0) is 17.9. The number of phenols is 1. The van der Waals surface area contributed by atoms with Crippen molar-refractivity contribution in [2.75, 3.05) is 5.32 Å². The lowest BCUT2D eigenvalue weighted by Crippen LogP contribution is -2.33. The van der Waals surface area contributed by atoms with Crippen LogP contribution in [0.25, 0.3) is 0 Å². The van der Waals surface area contributed by atoms with E-state index < -0.39 is 29.6 Å². The van der Waals surface area contributed by atoms with Gasteiger partial charge in [-0.1, -0.05) is 17.7 Å². The largest absolute Gasteiger partial charge is 0.508 e. The summed E-state index contributed by atoms with van der Waals surface area (Å²) in [4.78, 5) is 12.4. The average Bonchev–Trinajstić information content (AvgIpc) is 2.49. The highest BCUT2D eigenvalue weighted by Gasteiger charge is 2.26. The van der Waals surface area contributed by atoms with Gasteiger partial charge in [0.25, 0.3) is 0 Å². The predicted molar refractivity (Wildman–Crippen MR) is 87.0 cm³/mol. The van der Waals surface area contributed by atoms with Crippen LogP contribution in [0, 0.1) is 17.6 Å². The van der Waals surface area contributed by atoms with Gasteiger partial charge < -0.3 is 15.5 Å². The minimum atomic E-state index is -1.05. The first kappa shape index (κ1) is 18.2. The lowest BCUT2D eigenvalue weighted by atomic mass is 9.93. The first-order valence-corrected chi connectivity index (χ1v) is 7.57. The van der Waals surface area contributed by atoms with Gasteiger partial charge in [0.05, 0.1) is 17.7 Å². The number of aliphatic hydroxyl groups is 1. The monoisotopic (exact) mass is 355 g/mol. The molecule has 2 rings (SSSR count). The molecule has 0 aromatic heterocycles. The number of aliphatic hydroxyl groups excluding tert-OH is 1. The number of rotatable bonds is 5. The molecule has 0 aliphatic carbocycles. The highest BCUT2D eigenvalue weighted by molar-refractivity contribution is 6.31. The Kier molecular flexibility index (Phi) is 5.75. The van der Waals surface area contributed by atoms with Crippen molar-refractivity contribution in [1.82, 2.24) is 0 Å². The third-order valence-electron chi connectivity index (χ3n) is 3.58. The molecule has 0 bridgehead atoms. The fourth-order valence-electron chi connectivity index (χ4n) is 2.24. The second-order valence-electron chi connectivity index (χ2n) is 5.44. The van der Waals surface area contributed by atoms with Crippen LogP contribution in [0.1, 0.15) is 12.5 Å². The quantitative estimate of drug-likeness (QED) is 0.768. The van der Waals surface area contributed by atoms with E-state index in [9.17, 15) is 23.8 Å². The van der Waals surface area contributed by atoms with Crippen LogP contribution >= 0.6 is 11.6 Å². The highest BCUT2D eigenvalue weighted by Crippen LogP contribution is 2.25. The second-order valence-corrected chi connectivity index (χ2v) is 5.85. The summed E-state index contributed by atoms with van der Waals surface area (Å²) in [6.07, 6.45) is -1.00. The van der Waals surface area contributed by atoms with Crippen LogP contribution in [0.2, 0.25) is 5.02 Å². The zero-order valence-electron chi connectivity index (χ0n) is 12.8. The Balaban J connectivity index is 2.20. The molecule has 128 valence electrons. The summed E-state index contributed by atoms with van der Waals surface area (Å²) in [6.45, 7) is 1.42.